The van der Waals surface area contributed by atoms with Gasteiger partial charge in [-0.15, -0.1) is 0 Å². The quantitative estimate of drug-likeness (QED) is 0.783. The molecular weight excluding hydrogens is 206 g/mol. The number of anilines is 1. The molecule has 1 rings (SSSR count). The SMILES string of the molecule is Cc1cc(N)cc(C(=O)SC(C)C)c1C. The standard InChI is InChI=1S/C12H17NOS/c1-7(2)15-12(14)11-6-10(13)5-8(3)9(11)4/h5-7H,13H2,1-4H3. The molecule has 0 spiro atoms. The van der Waals surface area contributed by atoms with Crippen LogP contribution in [0.5, 0.6) is 0 Å². The predicted molar refractivity (Wildman–Crippen MR) is 67.4 cm³/mol. The molecule has 0 unspecified atom stereocenters. The summed E-state index contributed by atoms with van der Waals surface area (Å²) < 4.78 is 0. The lowest BCUT2D eigenvalue weighted by Gasteiger charge is -2.10. The van der Waals surface area contributed by atoms with Crippen molar-refractivity contribution in [2.45, 2.75) is 32.9 Å². The summed E-state index contributed by atoms with van der Waals surface area (Å²) in [6, 6.07) is 3.66. The molecule has 0 aromatic heterocycles. The highest BCUT2D eigenvalue weighted by molar-refractivity contribution is 8.14. The molecule has 0 heterocycles. The summed E-state index contributed by atoms with van der Waals surface area (Å²) in [7, 11) is 0. The zero-order chi connectivity index (χ0) is 11.6. The largest absolute Gasteiger partial charge is 0.399 e. The van der Waals surface area contributed by atoms with E-state index in [1.807, 2.05) is 33.8 Å². The number of aryl methyl sites for hydroxylation is 1. The topological polar surface area (TPSA) is 43.1 Å². The number of carbonyl (C=O) groups excluding carboxylic acids is 1. The fourth-order valence-electron chi connectivity index (χ4n) is 1.38. The Bertz CT molecular complexity index is 385. The van der Waals surface area contributed by atoms with Gasteiger partial charge in [0, 0.05) is 16.5 Å². The molecule has 1 aromatic carbocycles. The molecule has 0 amide bonds. The van der Waals surface area contributed by atoms with Crippen LogP contribution in [0.25, 0.3) is 0 Å². The molecule has 0 atom stereocenters. The fraction of sp³-hybridized carbons (Fsp3) is 0.417. The van der Waals surface area contributed by atoms with E-state index in [-0.39, 0.29) is 5.12 Å². The molecule has 0 aliphatic heterocycles. The lowest BCUT2D eigenvalue weighted by atomic mass is 10.0. The van der Waals surface area contributed by atoms with Gasteiger partial charge >= 0.3 is 0 Å². The van der Waals surface area contributed by atoms with Crippen LogP contribution in [0.4, 0.5) is 5.69 Å². The molecule has 0 saturated carbocycles. The Morgan fingerprint density at radius 2 is 1.93 bits per heavy atom. The van der Waals surface area contributed by atoms with E-state index in [1.54, 1.807) is 6.07 Å². The summed E-state index contributed by atoms with van der Waals surface area (Å²) in [6.07, 6.45) is 0. The number of thioether (sulfide) groups is 1. The minimum Gasteiger partial charge on any atom is -0.399 e. The van der Waals surface area contributed by atoms with Crippen molar-refractivity contribution in [1.82, 2.24) is 0 Å². The Morgan fingerprint density at radius 3 is 2.47 bits per heavy atom. The number of nitrogens with two attached hydrogens (primary N) is 1. The average molecular weight is 223 g/mol. The number of hydrogen-bond donors (Lipinski definition) is 1. The van der Waals surface area contributed by atoms with Crippen LogP contribution >= 0.6 is 11.8 Å². The highest BCUT2D eigenvalue weighted by atomic mass is 32.2. The van der Waals surface area contributed by atoms with Crippen molar-refractivity contribution in [3.63, 3.8) is 0 Å². The lowest BCUT2D eigenvalue weighted by Crippen LogP contribution is -2.04. The van der Waals surface area contributed by atoms with Gasteiger partial charge in [-0.3, -0.25) is 4.79 Å². The van der Waals surface area contributed by atoms with Crippen LogP contribution in [0.15, 0.2) is 12.1 Å². The average Bonchev–Trinajstić information content (AvgIpc) is 2.09. The van der Waals surface area contributed by atoms with E-state index in [0.717, 1.165) is 16.7 Å². The van der Waals surface area contributed by atoms with Crippen molar-refractivity contribution >= 4 is 22.6 Å². The molecular formula is C12H17NOS. The first-order valence-electron chi connectivity index (χ1n) is 4.99. The predicted octanol–water partition coefficient (Wildman–Crippen LogP) is 3.17. The zero-order valence-electron chi connectivity index (χ0n) is 9.63. The summed E-state index contributed by atoms with van der Waals surface area (Å²) in [5, 5.41) is 0.413. The third-order valence-electron chi connectivity index (χ3n) is 2.25. The van der Waals surface area contributed by atoms with Gasteiger partial charge in [0.05, 0.1) is 0 Å². The highest BCUT2D eigenvalue weighted by Crippen LogP contribution is 2.24. The van der Waals surface area contributed by atoms with Crippen LogP contribution in [0.2, 0.25) is 0 Å². The van der Waals surface area contributed by atoms with E-state index in [1.165, 1.54) is 11.8 Å². The monoisotopic (exact) mass is 223 g/mol. The molecule has 3 heteroatoms. The minimum atomic E-state index is 0.109. The van der Waals surface area contributed by atoms with Crippen molar-refractivity contribution < 1.29 is 4.79 Å². The molecule has 1 aromatic rings. The summed E-state index contributed by atoms with van der Waals surface area (Å²) in [6.45, 7) is 7.96. The second kappa shape index (κ2) is 4.71. The number of rotatable bonds is 2. The maximum Gasteiger partial charge on any atom is 0.219 e. The van der Waals surface area contributed by atoms with Crippen LogP contribution in [0.1, 0.15) is 35.3 Å². The first-order valence-corrected chi connectivity index (χ1v) is 5.87. The Labute approximate surface area is 95.2 Å². The molecule has 82 valence electrons. The molecule has 0 fully saturated rings. The van der Waals surface area contributed by atoms with Crippen molar-refractivity contribution in [3.8, 4) is 0 Å². The number of nitrogen functional groups attached to an aromatic ring is 1. The molecule has 0 aliphatic rings. The van der Waals surface area contributed by atoms with Gasteiger partial charge in [0.25, 0.3) is 0 Å². The van der Waals surface area contributed by atoms with E-state index >= 15 is 0 Å². The molecule has 0 bridgehead atoms. The molecule has 0 saturated heterocycles. The van der Waals surface area contributed by atoms with Crippen LogP contribution in [-0.4, -0.2) is 10.4 Å². The van der Waals surface area contributed by atoms with Gasteiger partial charge in [0.15, 0.2) is 0 Å². The second-order valence-corrected chi connectivity index (χ2v) is 5.51. The van der Waals surface area contributed by atoms with Crippen molar-refractivity contribution in [1.29, 1.82) is 0 Å². The van der Waals surface area contributed by atoms with Gasteiger partial charge in [-0.2, -0.15) is 0 Å². The first-order chi connectivity index (χ1) is 6.91. The Hall–Kier alpha value is -0.960. The molecule has 0 aliphatic carbocycles. The number of benzene rings is 1. The van der Waals surface area contributed by atoms with Gasteiger partial charge in [-0.05, 0) is 37.1 Å². The van der Waals surface area contributed by atoms with Crippen LogP contribution in [-0.2, 0) is 0 Å². The minimum absolute atomic E-state index is 0.109. The molecule has 2 N–H and O–H groups in total. The molecule has 2 nitrogen and oxygen atoms in total. The van der Waals surface area contributed by atoms with Crippen LogP contribution in [0.3, 0.4) is 0 Å². The summed E-state index contributed by atoms with van der Waals surface area (Å²) in [4.78, 5) is 11.9. The normalized spacial score (nSPS) is 10.7. The fourth-order valence-corrected chi connectivity index (χ4v) is 2.14. The van der Waals surface area contributed by atoms with Crippen molar-refractivity contribution in [2.24, 2.45) is 0 Å². The van der Waals surface area contributed by atoms with Crippen LogP contribution < -0.4 is 5.73 Å². The van der Waals surface area contributed by atoms with Gasteiger partial charge in [0.1, 0.15) is 0 Å². The Kier molecular flexibility index (Phi) is 3.80. The summed E-state index contributed by atoms with van der Waals surface area (Å²) in [5.41, 5.74) is 9.24. The summed E-state index contributed by atoms with van der Waals surface area (Å²) >= 11 is 1.34. The van der Waals surface area contributed by atoms with Gasteiger partial charge in [-0.25, -0.2) is 0 Å². The highest BCUT2D eigenvalue weighted by Gasteiger charge is 2.13. The zero-order valence-corrected chi connectivity index (χ0v) is 10.4. The van der Waals surface area contributed by atoms with E-state index in [4.69, 9.17) is 5.73 Å². The maximum absolute atomic E-state index is 11.9. The van der Waals surface area contributed by atoms with Crippen molar-refractivity contribution in [2.75, 3.05) is 5.73 Å². The van der Waals surface area contributed by atoms with E-state index in [2.05, 4.69) is 0 Å². The Balaban J connectivity index is 3.08. The lowest BCUT2D eigenvalue weighted by molar-refractivity contribution is 0.108. The van der Waals surface area contributed by atoms with Gasteiger partial charge in [-0.1, -0.05) is 25.6 Å². The van der Waals surface area contributed by atoms with E-state index in [9.17, 15) is 4.79 Å². The van der Waals surface area contributed by atoms with Crippen LogP contribution in [0, 0.1) is 13.8 Å². The molecule has 0 radical (unpaired) electrons. The van der Waals surface area contributed by atoms with E-state index in [0.29, 0.717) is 10.9 Å². The third-order valence-corrected chi connectivity index (χ3v) is 3.16. The smallest absolute Gasteiger partial charge is 0.219 e. The number of hydrogen-bond acceptors (Lipinski definition) is 3. The van der Waals surface area contributed by atoms with Gasteiger partial charge in [0.2, 0.25) is 5.12 Å². The van der Waals surface area contributed by atoms with Crippen molar-refractivity contribution in [3.05, 3.63) is 28.8 Å². The number of carbonyl (C=O) groups is 1. The van der Waals surface area contributed by atoms with Gasteiger partial charge < -0.3 is 5.73 Å². The molecule has 15 heavy (non-hydrogen) atoms. The van der Waals surface area contributed by atoms with E-state index < -0.39 is 0 Å². The first kappa shape index (κ1) is 12.1. The maximum atomic E-state index is 11.9. The third kappa shape index (κ3) is 2.99. The Morgan fingerprint density at radius 1 is 1.33 bits per heavy atom. The second-order valence-electron chi connectivity index (χ2n) is 3.96. The summed E-state index contributed by atoms with van der Waals surface area (Å²) in [5.74, 6) is 0.